The highest BCUT2D eigenvalue weighted by atomic mass is 16.2. The Labute approximate surface area is 134 Å². The number of hydrogen-bond donors (Lipinski definition) is 1. The summed E-state index contributed by atoms with van der Waals surface area (Å²) in [7, 11) is 0. The molecule has 0 unspecified atom stereocenters. The Morgan fingerprint density at radius 2 is 2.00 bits per heavy atom. The summed E-state index contributed by atoms with van der Waals surface area (Å²) in [6, 6.07) is 9.00. The number of nitrogens with one attached hydrogen (secondary N) is 1. The standard InChI is InChI=1S/C19H28N2O/c1-14-5-3-4-6-18(14)17-11-15(2)21(13-17)19(22)12-16-7-9-20-10-8-16/h3-6,15-17,20H,7-13H2,1-2H3/t15-,17-/m1/s1. The molecule has 2 fully saturated rings. The van der Waals surface area contributed by atoms with E-state index in [1.165, 1.54) is 11.1 Å². The number of nitrogens with zero attached hydrogens (tertiary/aromatic N) is 1. The molecule has 3 heteroatoms. The summed E-state index contributed by atoms with van der Waals surface area (Å²) in [4.78, 5) is 14.8. The number of benzene rings is 1. The van der Waals surface area contributed by atoms with Crippen LogP contribution in [0.2, 0.25) is 0 Å². The average molecular weight is 300 g/mol. The smallest absolute Gasteiger partial charge is 0.223 e. The Balaban J connectivity index is 1.63. The van der Waals surface area contributed by atoms with Gasteiger partial charge in [0.15, 0.2) is 0 Å². The van der Waals surface area contributed by atoms with E-state index in [0.717, 1.165) is 45.3 Å². The van der Waals surface area contributed by atoms with Gasteiger partial charge in [-0.2, -0.15) is 0 Å². The van der Waals surface area contributed by atoms with Gasteiger partial charge >= 0.3 is 0 Å². The van der Waals surface area contributed by atoms with Gasteiger partial charge in [0.05, 0.1) is 0 Å². The zero-order valence-corrected chi connectivity index (χ0v) is 13.8. The third-order valence-electron chi connectivity index (χ3n) is 5.45. The number of aryl methyl sites for hydroxylation is 1. The number of rotatable bonds is 3. The lowest BCUT2D eigenvalue weighted by atomic mass is 9.93. The van der Waals surface area contributed by atoms with Crippen molar-refractivity contribution in [1.29, 1.82) is 0 Å². The Bertz CT molecular complexity index is 522. The number of likely N-dealkylation sites (tertiary alicyclic amines) is 1. The van der Waals surface area contributed by atoms with Gasteiger partial charge in [-0.05, 0) is 63.2 Å². The molecule has 1 N–H and O–H groups in total. The third kappa shape index (κ3) is 3.35. The van der Waals surface area contributed by atoms with Crippen LogP contribution in [0.25, 0.3) is 0 Å². The average Bonchev–Trinajstić information content (AvgIpc) is 2.90. The van der Waals surface area contributed by atoms with E-state index < -0.39 is 0 Å². The van der Waals surface area contributed by atoms with Gasteiger partial charge in [-0.3, -0.25) is 4.79 Å². The molecule has 0 aliphatic carbocycles. The van der Waals surface area contributed by atoms with Gasteiger partial charge in [-0.25, -0.2) is 0 Å². The quantitative estimate of drug-likeness (QED) is 0.930. The molecular formula is C19H28N2O. The molecule has 3 rings (SSSR count). The Hall–Kier alpha value is -1.35. The lowest BCUT2D eigenvalue weighted by Crippen LogP contribution is -2.37. The first-order valence-corrected chi connectivity index (χ1v) is 8.71. The van der Waals surface area contributed by atoms with E-state index in [9.17, 15) is 4.79 Å². The van der Waals surface area contributed by atoms with Crippen molar-refractivity contribution in [3.8, 4) is 0 Å². The van der Waals surface area contributed by atoms with Gasteiger partial charge in [0.25, 0.3) is 0 Å². The molecule has 1 amide bonds. The van der Waals surface area contributed by atoms with E-state index in [-0.39, 0.29) is 0 Å². The van der Waals surface area contributed by atoms with E-state index >= 15 is 0 Å². The minimum atomic E-state index is 0.371. The van der Waals surface area contributed by atoms with E-state index in [1.54, 1.807) is 0 Å². The highest BCUT2D eigenvalue weighted by molar-refractivity contribution is 5.77. The van der Waals surface area contributed by atoms with E-state index in [2.05, 4.69) is 48.3 Å². The molecule has 22 heavy (non-hydrogen) atoms. The normalized spacial score (nSPS) is 26.4. The summed E-state index contributed by atoms with van der Waals surface area (Å²) in [6.07, 6.45) is 4.14. The summed E-state index contributed by atoms with van der Waals surface area (Å²) in [5, 5.41) is 3.38. The summed E-state index contributed by atoms with van der Waals surface area (Å²) in [6.45, 7) is 7.42. The Kier molecular flexibility index (Phi) is 4.82. The molecule has 1 aromatic rings. The van der Waals surface area contributed by atoms with Gasteiger partial charge in [-0.1, -0.05) is 24.3 Å². The van der Waals surface area contributed by atoms with Crippen LogP contribution in [0.1, 0.15) is 49.7 Å². The summed E-state index contributed by atoms with van der Waals surface area (Å²) >= 11 is 0. The third-order valence-corrected chi connectivity index (χ3v) is 5.45. The molecule has 0 bridgehead atoms. The SMILES string of the molecule is Cc1ccccc1[C@@H]1C[C@@H](C)N(C(=O)CC2CCNCC2)C1. The van der Waals surface area contributed by atoms with Crippen LogP contribution in [-0.4, -0.2) is 36.5 Å². The van der Waals surface area contributed by atoms with Gasteiger partial charge in [-0.15, -0.1) is 0 Å². The van der Waals surface area contributed by atoms with Crippen molar-refractivity contribution < 1.29 is 4.79 Å². The van der Waals surface area contributed by atoms with Crippen LogP contribution >= 0.6 is 0 Å². The molecule has 2 atom stereocenters. The largest absolute Gasteiger partial charge is 0.339 e. The lowest BCUT2D eigenvalue weighted by molar-refractivity contribution is -0.132. The highest BCUT2D eigenvalue weighted by Crippen LogP contribution is 2.34. The molecule has 3 nitrogen and oxygen atoms in total. The predicted octanol–water partition coefficient (Wildman–Crippen LogP) is 3.09. The second-order valence-corrected chi connectivity index (χ2v) is 7.08. The zero-order valence-electron chi connectivity index (χ0n) is 13.8. The number of carbonyl (C=O) groups is 1. The van der Waals surface area contributed by atoms with Crippen LogP contribution in [0, 0.1) is 12.8 Å². The van der Waals surface area contributed by atoms with Crippen LogP contribution in [0.5, 0.6) is 0 Å². The number of carbonyl (C=O) groups excluding carboxylic acids is 1. The predicted molar refractivity (Wildman–Crippen MR) is 89.9 cm³/mol. The van der Waals surface area contributed by atoms with Gasteiger partial charge in [0.2, 0.25) is 5.91 Å². The topological polar surface area (TPSA) is 32.3 Å². The fraction of sp³-hybridized carbons (Fsp3) is 0.632. The minimum absolute atomic E-state index is 0.371. The van der Waals surface area contributed by atoms with E-state index in [0.29, 0.717) is 23.8 Å². The van der Waals surface area contributed by atoms with Gasteiger partial charge in [0, 0.05) is 24.9 Å². The Morgan fingerprint density at radius 3 is 2.73 bits per heavy atom. The van der Waals surface area contributed by atoms with Crippen molar-refractivity contribution in [3.05, 3.63) is 35.4 Å². The fourth-order valence-electron chi connectivity index (χ4n) is 4.10. The molecule has 0 aromatic heterocycles. The first kappa shape index (κ1) is 15.5. The van der Waals surface area contributed by atoms with Crippen molar-refractivity contribution in [2.24, 2.45) is 5.92 Å². The monoisotopic (exact) mass is 300 g/mol. The van der Waals surface area contributed by atoms with Crippen LogP contribution in [-0.2, 0) is 4.79 Å². The minimum Gasteiger partial charge on any atom is -0.339 e. The van der Waals surface area contributed by atoms with Crippen LogP contribution in [0.3, 0.4) is 0 Å². The van der Waals surface area contributed by atoms with Crippen molar-refractivity contribution in [2.45, 2.75) is 51.5 Å². The molecule has 0 saturated carbocycles. The van der Waals surface area contributed by atoms with Crippen molar-refractivity contribution in [3.63, 3.8) is 0 Å². The van der Waals surface area contributed by atoms with Crippen LogP contribution in [0.15, 0.2) is 24.3 Å². The van der Waals surface area contributed by atoms with Crippen LogP contribution < -0.4 is 5.32 Å². The molecule has 2 aliphatic heterocycles. The first-order valence-electron chi connectivity index (χ1n) is 8.71. The zero-order chi connectivity index (χ0) is 15.5. The van der Waals surface area contributed by atoms with Gasteiger partial charge in [0.1, 0.15) is 0 Å². The fourth-order valence-corrected chi connectivity index (χ4v) is 4.10. The van der Waals surface area contributed by atoms with E-state index in [1.807, 2.05) is 0 Å². The first-order chi connectivity index (χ1) is 10.6. The van der Waals surface area contributed by atoms with Crippen molar-refractivity contribution >= 4 is 5.91 Å². The maximum Gasteiger partial charge on any atom is 0.223 e. The molecular weight excluding hydrogens is 272 g/mol. The molecule has 0 radical (unpaired) electrons. The second-order valence-electron chi connectivity index (χ2n) is 7.08. The molecule has 0 spiro atoms. The molecule has 2 aliphatic rings. The summed E-state index contributed by atoms with van der Waals surface area (Å²) in [5.41, 5.74) is 2.78. The highest BCUT2D eigenvalue weighted by Gasteiger charge is 2.34. The van der Waals surface area contributed by atoms with Crippen molar-refractivity contribution in [1.82, 2.24) is 10.2 Å². The lowest BCUT2D eigenvalue weighted by Gasteiger charge is -2.27. The maximum atomic E-state index is 12.7. The van der Waals surface area contributed by atoms with Crippen LogP contribution in [0.4, 0.5) is 0 Å². The van der Waals surface area contributed by atoms with Crippen molar-refractivity contribution in [2.75, 3.05) is 19.6 Å². The molecule has 1 aromatic carbocycles. The summed E-state index contributed by atoms with van der Waals surface area (Å²) in [5.74, 6) is 1.46. The second kappa shape index (κ2) is 6.82. The number of piperidine rings is 1. The number of amides is 1. The molecule has 2 saturated heterocycles. The van der Waals surface area contributed by atoms with E-state index in [4.69, 9.17) is 0 Å². The number of hydrogen-bond acceptors (Lipinski definition) is 2. The molecule has 120 valence electrons. The van der Waals surface area contributed by atoms with Gasteiger partial charge < -0.3 is 10.2 Å². The summed E-state index contributed by atoms with van der Waals surface area (Å²) < 4.78 is 0. The maximum absolute atomic E-state index is 12.7. The Morgan fingerprint density at radius 1 is 1.27 bits per heavy atom. The molecule has 2 heterocycles.